The molecule has 1 unspecified atom stereocenters. The van der Waals surface area contributed by atoms with Crippen LogP contribution >= 0.6 is 27.5 Å². The molecule has 25 heavy (non-hydrogen) atoms. The van der Waals surface area contributed by atoms with Gasteiger partial charge in [0, 0.05) is 10.2 Å². The first kappa shape index (κ1) is 17.4. The Labute approximate surface area is 157 Å². The molecule has 0 saturated carbocycles. The largest absolute Gasteiger partial charge is 0.322 e. The number of halogens is 2. The third kappa shape index (κ3) is 3.38. The third-order valence-corrected chi connectivity index (χ3v) is 4.74. The first-order valence-electron chi connectivity index (χ1n) is 7.30. The van der Waals surface area contributed by atoms with E-state index in [9.17, 15) is 14.4 Å². The molecular weight excluding hydrogens is 410 g/mol. The average Bonchev–Trinajstić information content (AvgIpc) is 2.83. The summed E-state index contributed by atoms with van der Waals surface area (Å²) in [7, 11) is 0. The summed E-state index contributed by atoms with van der Waals surface area (Å²) in [5, 5.41) is 7.86. The summed E-state index contributed by atoms with van der Waals surface area (Å²) in [5.41, 5.74) is 0.160. The summed E-state index contributed by atoms with van der Waals surface area (Å²) in [6.07, 6.45) is 0. The number of amides is 4. The van der Waals surface area contributed by atoms with Crippen molar-refractivity contribution in [2.45, 2.75) is 12.5 Å². The van der Waals surface area contributed by atoms with E-state index >= 15 is 0 Å². The molecule has 6 nitrogen and oxygen atoms in total. The van der Waals surface area contributed by atoms with E-state index in [1.165, 1.54) is 0 Å². The van der Waals surface area contributed by atoms with Gasteiger partial charge in [-0.1, -0.05) is 39.7 Å². The summed E-state index contributed by atoms with van der Waals surface area (Å²) in [4.78, 5) is 35.9. The van der Waals surface area contributed by atoms with E-state index in [1.807, 2.05) is 0 Å². The average molecular weight is 423 g/mol. The highest BCUT2D eigenvalue weighted by molar-refractivity contribution is 9.10. The number of rotatable bonds is 3. The van der Waals surface area contributed by atoms with Gasteiger partial charge in [0.1, 0.15) is 5.54 Å². The molecule has 1 atom stereocenters. The van der Waals surface area contributed by atoms with Crippen LogP contribution in [0.5, 0.6) is 0 Å². The van der Waals surface area contributed by atoms with Crippen LogP contribution in [0.2, 0.25) is 5.02 Å². The quantitative estimate of drug-likeness (QED) is 0.663. The van der Waals surface area contributed by atoms with E-state index in [2.05, 4.69) is 31.9 Å². The van der Waals surface area contributed by atoms with Gasteiger partial charge >= 0.3 is 6.03 Å². The van der Waals surface area contributed by atoms with Crippen molar-refractivity contribution in [1.29, 1.82) is 0 Å². The van der Waals surface area contributed by atoms with Crippen LogP contribution in [0, 0.1) is 0 Å². The number of carbonyl (C=O) groups excluding carboxylic acids is 3. The molecule has 3 N–H and O–H groups in total. The van der Waals surface area contributed by atoms with E-state index < -0.39 is 17.5 Å². The molecule has 0 spiro atoms. The number of carbonyl (C=O) groups is 3. The van der Waals surface area contributed by atoms with Gasteiger partial charge < -0.3 is 10.6 Å². The summed E-state index contributed by atoms with van der Waals surface area (Å²) < 4.78 is 0.730. The van der Waals surface area contributed by atoms with Crippen LogP contribution in [0.15, 0.2) is 46.9 Å². The number of urea groups is 1. The Morgan fingerprint density at radius 3 is 2.64 bits per heavy atom. The maximum atomic E-state index is 12.5. The molecule has 1 saturated heterocycles. The molecule has 1 aliphatic heterocycles. The smallest absolute Gasteiger partial charge is 0.322 e. The van der Waals surface area contributed by atoms with E-state index in [0.717, 1.165) is 4.47 Å². The first-order valence-corrected chi connectivity index (χ1v) is 8.47. The van der Waals surface area contributed by atoms with Crippen LogP contribution in [0.1, 0.15) is 22.8 Å². The fourth-order valence-electron chi connectivity index (χ4n) is 2.52. The Bertz CT molecular complexity index is 902. The highest BCUT2D eigenvalue weighted by Gasteiger charge is 2.43. The van der Waals surface area contributed by atoms with Crippen molar-refractivity contribution < 1.29 is 14.4 Å². The van der Waals surface area contributed by atoms with Gasteiger partial charge in [0.05, 0.1) is 10.6 Å². The molecule has 1 aliphatic rings. The number of imide groups is 1. The number of anilines is 1. The molecule has 1 fully saturated rings. The number of hydrogen-bond donors (Lipinski definition) is 3. The minimum atomic E-state index is -1.19. The van der Waals surface area contributed by atoms with Crippen LogP contribution in [-0.4, -0.2) is 17.8 Å². The van der Waals surface area contributed by atoms with Gasteiger partial charge in [-0.2, -0.15) is 0 Å². The second kappa shape index (κ2) is 6.50. The molecule has 0 aromatic heterocycles. The van der Waals surface area contributed by atoms with Gasteiger partial charge in [0.15, 0.2) is 0 Å². The van der Waals surface area contributed by atoms with Gasteiger partial charge in [0.25, 0.3) is 11.8 Å². The second-order valence-electron chi connectivity index (χ2n) is 5.69. The maximum absolute atomic E-state index is 12.5. The Hall–Kier alpha value is -2.38. The monoisotopic (exact) mass is 421 g/mol. The number of benzene rings is 2. The molecule has 128 valence electrons. The van der Waals surface area contributed by atoms with Crippen LogP contribution in [-0.2, 0) is 10.3 Å². The third-order valence-electron chi connectivity index (χ3n) is 3.92. The van der Waals surface area contributed by atoms with Gasteiger partial charge in [-0.25, -0.2) is 4.79 Å². The fraction of sp³-hybridized carbons (Fsp3) is 0.118. The zero-order valence-electron chi connectivity index (χ0n) is 13.0. The van der Waals surface area contributed by atoms with Crippen molar-refractivity contribution in [3.63, 3.8) is 0 Å². The fourth-order valence-corrected chi connectivity index (χ4v) is 3.09. The molecule has 0 radical (unpaired) electrons. The number of hydrogen-bond acceptors (Lipinski definition) is 3. The summed E-state index contributed by atoms with van der Waals surface area (Å²) in [5.74, 6) is -0.829. The van der Waals surface area contributed by atoms with Crippen molar-refractivity contribution in [1.82, 2.24) is 10.6 Å². The van der Waals surface area contributed by atoms with Crippen molar-refractivity contribution >= 4 is 51.1 Å². The minimum absolute atomic E-state index is 0.319. The summed E-state index contributed by atoms with van der Waals surface area (Å²) >= 11 is 9.37. The Morgan fingerprint density at radius 2 is 1.96 bits per heavy atom. The molecule has 0 bridgehead atoms. The van der Waals surface area contributed by atoms with Crippen LogP contribution in [0.4, 0.5) is 10.5 Å². The first-order chi connectivity index (χ1) is 11.8. The van der Waals surface area contributed by atoms with E-state index in [1.54, 1.807) is 49.4 Å². The predicted octanol–water partition coefficient (Wildman–Crippen LogP) is 3.41. The molecule has 0 aliphatic carbocycles. The molecule has 2 aromatic carbocycles. The Kier molecular flexibility index (Phi) is 4.53. The van der Waals surface area contributed by atoms with Crippen LogP contribution < -0.4 is 16.0 Å². The van der Waals surface area contributed by atoms with Crippen molar-refractivity contribution in [2.24, 2.45) is 0 Å². The molecule has 4 amide bonds. The van der Waals surface area contributed by atoms with Crippen molar-refractivity contribution in [3.8, 4) is 0 Å². The van der Waals surface area contributed by atoms with Gasteiger partial charge in [0.2, 0.25) is 0 Å². The zero-order chi connectivity index (χ0) is 18.2. The second-order valence-corrected chi connectivity index (χ2v) is 7.02. The highest BCUT2D eigenvalue weighted by atomic mass is 79.9. The lowest BCUT2D eigenvalue weighted by molar-refractivity contribution is -0.123. The summed E-state index contributed by atoms with van der Waals surface area (Å²) in [6, 6.07) is 11.1. The molecular formula is C17H13BrClN3O3. The highest BCUT2D eigenvalue weighted by Crippen LogP contribution is 2.27. The van der Waals surface area contributed by atoms with Crippen LogP contribution in [0.3, 0.4) is 0 Å². The molecule has 8 heteroatoms. The Morgan fingerprint density at radius 1 is 1.20 bits per heavy atom. The summed E-state index contributed by atoms with van der Waals surface area (Å²) in [6.45, 7) is 1.60. The lowest BCUT2D eigenvalue weighted by atomic mass is 9.92. The van der Waals surface area contributed by atoms with Gasteiger partial charge in [-0.3, -0.25) is 14.9 Å². The van der Waals surface area contributed by atoms with Crippen LogP contribution in [0.25, 0.3) is 0 Å². The van der Waals surface area contributed by atoms with E-state index in [-0.39, 0.29) is 5.91 Å². The lowest BCUT2D eigenvalue weighted by Gasteiger charge is -2.21. The van der Waals surface area contributed by atoms with Gasteiger partial charge in [-0.05, 0) is 42.8 Å². The molecule has 1 heterocycles. The lowest BCUT2D eigenvalue weighted by Crippen LogP contribution is -2.40. The maximum Gasteiger partial charge on any atom is 0.322 e. The Balaban J connectivity index is 1.87. The molecule has 2 aromatic rings. The normalized spacial score (nSPS) is 19.3. The molecule has 3 rings (SSSR count). The zero-order valence-corrected chi connectivity index (χ0v) is 15.4. The topological polar surface area (TPSA) is 87.3 Å². The predicted molar refractivity (Wildman–Crippen MR) is 97.6 cm³/mol. The van der Waals surface area contributed by atoms with Crippen molar-refractivity contribution in [2.75, 3.05) is 5.32 Å². The number of nitrogens with one attached hydrogen (secondary N) is 3. The standard InChI is InChI=1S/C17H13BrClN3O3/c1-17(15(24)21-16(25)22-17)9-3-2-4-11(7-9)20-14(23)12-8-10(18)5-6-13(12)19/h2-8H,1H3,(H,20,23)(H2,21,22,24,25). The van der Waals surface area contributed by atoms with E-state index in [0.29, 0.717) is 21.8 Å². The van der Waals surface area contributed by atoms with Gasteiger partial charge in [-0.15, -0.1) is 0 Å². The minimum Gasteiger partial charge on any atom is -0.322 e. The van der Waals surface area contributed by atoms with Crippen molar-refractivity contribution in [3.05, 3.63) is 63.1 Å². The van der Waals surface area contributed by atoms with E-state index in [4.69, 9.17) is 11.6 Å². The SMILES string of the molecule is CC1(c2cccc(NC(=O)c3cc(Br)ccc3Cl)c2)NC(=O)NC1=O.